The molecule has 2 aromatic rings. The molecule has 2 aromatic carbocycles. The van der Waals surface area contributed by atoms with Crippen molar-refractivity contribution in [2.24, 2.45) is 0 Å². The van der Waals surface area contributed by atoms with Crippen LogP contribution in [0.2, 0.25) is 10.0 Å². The second kappa shape index (κ2) is 6.64. The Bertz CT molecular complexity index is 560. The SMILES string of the molecule is Clc1ccc(NC(c2ccc(Cl)cc2)C(Cl)(Cl)Cl)cc1. The zero-order chi connectivity index (χ0) is 14.8. The second-order valence-corrected chi connectivity index (χ2v) is 7.42. The maximum absolute atomic E-state index is 6.06. The molecule has 1 atom stereocenters. The van der Waals surface area contributed by atoms with E-state index in [0.717, 1.165) is 11.3 Å². The van der Waals surface area contributed by atoms with Crippen LogP contribution in [-0.2, 0) is 0 Å². The Labute approximate surface area is 142 Å². The fraction of sp³-hybridized carbons (Fsp3) is 0.143. The van der Waals surface area contributed by atoms with E-state index in [1.807, 2.05) is 24.3 Å². The number of nitrogens with one attached hydrogen (secondary N) is 1. The van der Waals surface area contributed by atoms with Gasteiger partial charge >= 0.3 is 0 Å². The Morgan fingerprint density at radius 2 is 1.20 bits per heavy atom. The first-order chi connectivity index (χ1) is 9.36. The molecule has 0 aromatic heterocycles. The zero-order valence-corrected chi connectivity index (χ0v) is 13.9. The topological polar surface area (TPSA) is 12.0 Å². The van der Waals surface area contributed by atoms with Crippen LogP contribution < -0.4 is 5.32 Å². The van der Waals surface area contributed by atoms with Crippen molar-refractivity contribution in [2.75, 3.05) is 5.32 Å². The summed E-state index contributed by atoms with van der Waals surface area (Å²) in [6, 6.07) is 13.8. The smallest absolute Gasteiger partial charge is 0.214 e. The number of anilines is 1. The number of hydrogen-bond donors (Lipinski definition) is 1. The molecule has 106 valence electrons. The summed E-state index contributed by atoms with van der Waals surface area (Å²) >= 11 is 29.9. The lowest BCUT2D eigenvalue weighted by atomic mass is 10.1. The molecular weight excluding hydrogens is 359 g/mol. The van der Waals surface area contributed by atoms with Gasteiger partial charge in [-0.3, -0.25) is 0 Å². The highest BCUT2D eigenvalue weighted by Crippen LogP contribution is 2.42. The summed E-state index contributed by atoms with van der Waals surface area (Å²) in [4.78, 5) is 0. The molecule has 0 saturated carbocycles. The maximum Gasteiger partial charge on any atom is 0.214 e. The summed E-state index contributed by atoms with van der Waals surface area (Å²) in [7, 11) is 0. The van der Waals surface area contributed by atoms with E-state index in [1.165, 1.54) is 0 Å². The highest BCUT2D eigenvalue weighted by molar-refractivity contribution is 6.68. The fourth-order valence-corrected chi connectivity index (χ4v) is 2.52. The van der Waals surface area contributed by atoms with Crippen LogP contribution in [0.15, 0.2) is 48.5 Å². The molecule has 0 fully saturated rings. The van der Waals surface area contributed by atoms with Gasteiger partial charge in [0.15, 0.2) is 0 Å². The number of alkyl halides is 3. The minimum Gasteiger partial charge on any atom is -0.374 e. The van der Waals surface area contributed by atoms with Crippen LogP contribution in [0.3, 0.4) is 0 Å². The average molecular weight is 370 g/mol. The van der Waals surface area contributed by atoms with Crippen molar-refractivity contribution >= 4 is 63.7 Å². The molecule has 0 amide bonds. The van der Waals surface area contributed by atoms with E-state index in [2.05, 4.69) is 5.32 Å². The van der Waals surface area contributed by atoms with Gasteiger partial charge in [0.05, 0.1) is 6.04 Å². The molecule has 0 spiro atoms. The fourth-order valence-electron chi connectivity index (χ4n) is 1.72. The second-order valence-electron chi connectivity index (χ2n) is 4.18. The minimum atomic E-state index is -1.51. The van der Waals surface area contributed by atoms with Crippen molar-refractivity contribution in [3.8, 4) is 0 Å². The van der Waals surface area contributed by atoms with E-state index >= 15 is 0 Å². The molecule has 0 bridgehead atoms. The molecule has 0 saturated heterocycles. The highest BCUT2D eigenvalue weighted by Gasteiger charge is 2.33. The standard InChI is InChI=1S/C14H10Cl5N/c15-10-3-1-9(2-4-10)13(14(17,18)19)20-12-7-5-11(16)6-8-12/h1-8,13,20H. The predicted molar refractivity (Wildman–Crippen MR) is 89.6 cm³/mol. The molecule has 20 heavy (non-hydrogen) atoms. The van der Waals surface area contributed by atoms with Gasteiger partial charge in [-0.05, 0) is 42.0 Å². The average Bonchev–Trinajstić information content (AvgIpc) is 2.38. The molecule has 6 heteroatoms. The van der Waals surface area contributed by atoms with Crippen LogP contribution in [0.5, 0.6) is 0 Å². The lowest BCUT2D eigenvalue weighted by Gasteiger charge is -2.27. The molecule has 0 aliphatic heterocycles. The largest absolute Gasteiger partial charge is 0.374 e. The molecule has 2 rings (SSSR count). The van der Waals surface area contributed by atoms with Gasteiger partial charge < -0.3 is 5.32 Å². The maximum atomic E-state index is 6.06. The minimum absolute atomic E-state index is 0.508. The van der Waals surface area contributed by atoms with Crippen molar-refractivity contribution in [3.05, 3.63) is 64.1 Å². The Morgan fingerprint density at radius 1 is 0.750 bits per heavy atom. The van der Waals surface area contributed by atoms with Gasteiger partial charge in [0.2, 0.25) is 3.79 Å². The summed E-state index contributed by atoms with van der Waals surface area (Å²) in [6.07, 6.45) is 0. The molecule has 0 aliphatic carbocycles. The van der Waals surface area contributed by atoms with Crippen LogP contribution in [0.1, 0.15) is 11.6 Å². The molecule has 0 heterocycles. The first-order valence-electron chi connectivity index (χ1n) is 5.70. The third-order valence-electron chi connectivity index (χ3n) is 2.69. The van der Waals surface area contributed by atoms with Crippen LogP contribution in [0.25, 0.3) is 0 Å². The molecule has 1 N–H and O–H groups in total. The van der Waals surface area contributed by atoms with E-state index in [0.29, 0.717) is 10.0 Å². The van der Waals surface area contributed by atoms with Crippen molar-refractivity contribution < 1.29 is 0 Å². The first-order valence-corrected chi connectivity index (χ1v) is 7.59. The monoisotopic (exact) mass is 367 g/mol. The Hall–Kier alpha value is -0.310. The predicted octanol–water partition coefficient (Wildman–Crippen LogP) is 6.52. The molecule has 0 radical (unpaired) electrons. The van der Waals surface area contributed by atoms with Crippen LogP contribution in [0.4, 0.5) is 5.69 Å². The van der Waals surface area contributed by atoms with Crippen LogP contribution >= 0.6 is 58.0 Å². The van der Waals surface area contributed by atoms with E-state index in [4.69, 9.17) is 58.0 Å². The van der Waals surface area contributed by atoms with Crippen molar-refractivity contribution in [1.82, 2.24) is 0 Å². The molecular formula is C14H10Cl5N. The van der Waals surface area contributed by atoms with Crippen molar-refractivity contribution in [1.29, 1.82) is 0 Å². The lowest BCUT2D eigenvalue weighted by molar-refractivity contribution is 0.806. The summed E-state index contributed by atoms with van der Waals surface area (Å²) in [5.41, 5.74) is 1.63. The van der Waals surface area contributed by atoms with Crippen molar-refractivity contribution in [3.63, 3.8) is 0 Å². The third kappa shape index (κ3) is 4.34. The lowest BCUT2D eigenvalue weighted by Crippen LogP contribution is -2.25. The number of rotatable bonds is 3. The summed E-state index contributed by atoms with van der Waals surface area (Å²) in [6.45, 7) is 0. The highest BCUT2D eigenvalue weighted by atomic mass is 35.6. The van der Waals surface area contributed by atoms with E-state index < -0.39 is 9.83 Å². The van der Waals surface area contributed by atoms with Gasteiger partial charge in [-0.25, -0.2) is 0 Å². The summed E-state index contributed by atoms with van der Waals surface area (Å²) in [5.74, 6) is 0. The molecule has 1 nitrogen and oxygen atoms in total. The van der Waals surface area contributed by atoms with Gasteiger partial charge in [0, 0.05) is 15.7 Å². The number of hydrogen-bond acceptors (Lipinski definition) is 1. The van der Waals surface area contributed by atoms with Gasteiger partial charge in [0.25, 0.3) is 0 Å². The summed E-state index contributed by atoms with van der Waals surface area (Å²) < 4.78 is -1.51. The molecule has 0 aliphatic rings. The van der Waals surface area contributed by atoms with E-state index in [9.17, 15) is 0 Å². The Balaban J connectivity index is 2.29. The first kappa shape index (κ1) is 16.1. The molecule has 1 unspecified atom stereocenters. The Kier molecular flexibility index (Phi) is 5.33. The quantitative estimate of drug-likeness (QED) is 0.608. The van der Waals surface area contributed by atoms with E-state index in [1.54, 1.807) is 24.3 Å². The van der Waals surface area contributed by atoms with Crippen molar-refractivity contribution in [2.45, 2.75) is 9.83 Å². The third-order valence-corrected chi connectivity index (χ3v) is 3.84. The normalized spacial score (nSPS) is 13.1. The van der Waals surface area contributed by atoms with E-state index in [-0.39, 0.29) is 0 Å². The van der Waals surface area contributed by atoms with Gasteiger partial charge in [-0.1, -0.05) is 70.1 Å². The van der Waals surface area contributed by atoms with Gasteiger partial charge in [-0.15, -0.1) is 0 Å². The Morgan fingerprint density at radius 3 is 1.65 bits per heavy atom. The van der Waals surface area contributed by atoms with Crippen LogP contribution in [0, 0.1) is 0 Å². The van der Waals surface area contributed by atoms with Gasteiger partial charge in [0.1, 0.15) is 0 Å². The van der Waals surface area contributed by atoms with Crippen LogP contribution in [-0.4, -0.2) is 3.79 Å². The van der Waals surface area contributed by atoms with Gasteiger partial charge in [-0.2, -0.15) is 0 Å². The summed E-state index contributed by atoms with van der Waals surface area (Å²) in [5, 5.41) is 4.46. The number of benzene rings is 2. The zero-order valence-electron chi connectivity index (χ0n) is 10.1. The number of halogens is 5.